The molecule has 1 aromatic rings. The summed E-state index contributed by atoms with van der Waals surface area (Å²) in [5, 5.41) is 10.5. The molecule has 0 heterocycles. The first-order valence-corrected chi connectivity index (χ1v) is 8.17. The summed E-state index contributed by atoms with van der Waals surface area (Å²) in [7, 11) is 1.40. The molecule has 1 aromatic carbocycles. The van der Waals surface area contributed by atoms with Gasteiger partial charge in [0.2, 0.25) is 0 Å². The highest BCUT2D eigenvalue weighted by atomic mass is 16.5. The maximum absolute atomic E-state index is 11.1. The summed E-state index contributed by atoms with van der Waals surface area (Å²) in [5.41, 5.74) is 7.78. The maximum Gasteiger partial charge on any atom is 0.305 e. The molecule has 0 radical (unpaired) electrons. The van der Waals surface area contributed by atoms with Crippen molar-refractivity contribution in [1.29, 1.82) is 0 Å². The zero-order chi connectivity index (χ0) is 15.9. The summed E-state index contributed by atoms with van der Waals surface area (Å²) < 4.78 is 4.64. The second-order valence-corrected chi connectivity index (χ2v) is 6.28. The third-order valence-corrected chi connectivity index (χ3v) is 4.84. The Bertz CT molecular complexity index is 464. The third kappa shape index (κ3) is 4.55. The topological polar surface area (TPSA) is 72.5 Å². The Labute approximate surface area is 132 Å². The van der Waals surface area contributed by atoms with E-state index in [2.05, 4.69) is 4.74 Å². The molecule has 1 aliphatic carbocycles. The molecule has 3 N–H and O–H groups in total. The summed E-state index contributed by atoms with van der Waals surface area (Å²) in [4.78, 5) is 11.1. The highest BCUT2D eigenvalue weighted by molar-refractivity contribution is 5.69. The fourth-order valence-corrected chi connectivity index (χ4v) is 3.24. The number of carbonyl (C=O) groups excluding carboxylic acids is 1. The average Bonchev–Trinajstić information content (AvgIpc) is 2.59. The highest BCUT2D eigenvalue weighted by Crippen LogP contribution is 2.36. The van der Waals surface area contributed by atoms with Crippen LogP contribution >= 0.6 is 0 Å². The molecule has 0 amide bonds. The van der Waals surface area contributed by atoms with E-state index < -0.39 is 6.10 Å². The molecule has 0 aromatic heterocycles. The molecule has 1 fully saturated rings. The number of esters is 1. The Morgan fingerprint density at radius 3 is 2.45 bits per heavy atom. The van der Waals surface area contributed by atoms with Crippen molar-refractivity contribution < 1.29 is 14.6 Å². The SMILES string of the molecule is COC(=O)CCc1ccc(C(O)C2CCC(CN)CC2)cc1. The smallest absolute Gasteiger partial charge is 0.305 e. The number of hydrogen-bond acceptors (Lipinski definition) is 4. The largest absolute Gasteiger partial charge is 0.469 e. The van der Waals surface area contributed by atoms with Gasteiger partial charge in [-0.1, -0.05) is 24.3 Å². The lowest BCUT2D eigenvalue weighted by atomic mass is 9.78. The van der Waals surface area contributed by atoms with Gasteiger partial charge in [-0.15, -0.1) is 0 Å². The number of aryl methyl sites for hydroxylation is 1. The summed E-state index contributed by atoms with van der Waals surface area (Å²) in [5.74, 6) is 0.772. The first-order valence-electron chi connectivity index (χ1n) is 8.17. The summed E-state index contributed by atoms with van der Waals surface area (Å²) >= 11 is 0. The molecule has 4 nitrogen and oxygen atoms in total. The Morgan fingerprint density at radius 1 is 1.27 bits per heavy atom. The van der Waals surface area contributed by atoms with Gasteiger partial charge in [-0.25, -0.2) is 0 Å². The summed E-state index contributed by atoms with van der Waals surface area (Å²) in [6.45, 7) is 0.762. The van der Waals surface area contributed by atoms with Gasteiger partial charge >= 0.3 is 5.97 Å². The van der Waals surface area contributed by atoms with E-state index in [9.17, 15) is 9.90 Å². The van der Waals surface area contributed by atoms with Crippen LogP contribution in [0.1, 0.15) is 49.3 Å². The van der Waals surface area contributed by atoms with E-state index in [-0.39, 0.29) is 5.97 Å². The van der Waals surface area contributed by atoms with Crippen LogP contribution in [-0.2, 0) is 16.0 Å². The van der Waals surface area contributed by atoms with Crippen molar-refractivity contribution in [2.45, 2.75) is 44.6 Å². The number of aliphatic hydroxyl groups excluding tert-OH is 1. The number of benzene rings is 1. The van der Waals surface area contributed by atoms with Crippen LogP contribution in [0.25, 0.3) is 0 Å². The number of aliphatic hydroxyl groups is 1. The normalized spacial score (nSPS) is 23.0. The van der Waals surface area contributed by atoms with E-state index in [1.165, 1.54) is 7.11 Å². The summed E-state index contributed by atoms with van der Waals surface area (Å²) in [6, 6.07) is 7.94. The Morgan fingerprint density at radius 2 is 1.91 bits per heavy atom. The van der Waals surface area contributed by atoms with Crippen molar-refractivity contribution >= 4 is 5.97 Å². The Kier molecular flexibility index (Phi) is 6.40. The number of methoxy groups -OCH3 is 1. The van der Waals surface area contributed by atoms with E-state index in [4.69, 9.17) is 5.73 Å². The molecular formula is C18H27NO3. The second-order valence-electron chi connectivity index (χ2n) is 6.28. The molecule has 4 heteroatoms. The average molecular weight is 305 g/mol. The predicted octanol–water partition coefficient (Wildman–Crippen LogP) is 2.59. The van der Waals surface area contributed by atoms with Gasteiger partial charge in [0.15, 0.2) is 0 Å². The van der Waals surface area contributed by atoms with Crippen LogP contribution in [0.4, 0.5) is 0 Å². The Balaban J connectivity index is 1.88. The van der Waals surface area contributed by atoms with Gasteiger partial charge in [0.05, 0.1) is 13.2 Å². The lowest BCUT2D eigenvalue weighted by Gasteiger charge is -2.31. The van der Waals surface area contributed by atoms with E-state index in [0.717, 1.165) is 43.4 Å². The fourth-order valence-electron chi connectivity index (χ4n) is 3.24. The minimum absolute atomic E-state index is 0.194. The first-order chi connectivity index (χ1) is 10.6. The van der Waals surface area contributed by atoms with Crippen LogP contribution in [0.3, 0.4) is 0 Å². The molecule has 1 unspecified atom stereocenters. The number of carbonyl (C=O) groups is 1. The van der Waals surface area contributed by atoms with Crippen LogP contribution in [0.2, 0.25) is 0 Å². The highest BCUT2D eigenvalue weighted by Gasteiger charge is 2.26. The molecular weight excluding hydrogens is 278 g/mol. The molecule has 0 spiro atoms. The van der Waals surface area contributed by atoms with Gasteiger partial charge in [-0.3, -0.25) is 4.79 Å². The van der Waals surface area contributed by atoms with E-state index >= 15 is 0 Å². The third-order valence-electron chi connectivity index (χ3n) is 4.84. The van der Waals surface area contributed by atoms with Crippen molar-refractivity contribution in [2.24, 2.45) is 17.6 Å². The minimum atomic E-state index is -0.395. The predicted molar refractivity (Wildman–Crippen MR) is 86.2 cm³/mol. The van der Waals surface area contributed by atoms with Crippen molar-refractivity contribution in [3.63, 3.8) is 0 Å². The van der Waals surface area contributed by atoms with Gasteiger partial charge < -0.3 is 15.6 Å². The molecule has 122 valence electrons. The van der Waals surface area contributed by atoms with Gasteiger partial charge in [0, 0.05) is 6.42 Å². The summed E-state index contributed by atoms with van der Waals surface area (Å²) in [6.07, 6.45) is 5.01. The van der Waals surface area contributed by atoms with Crippen LogP contribution in [-0.4, -0.2) is 24.7 Å². The van der Waals surface area contributed by atoms with Gasteiger partial charge in [-0.2, -0.15) is 0 Å². The van der Waals surface area contributed by atoms with Crippen LogP contribution in [0, 0.1) is 11.8 Å². The number of ether oxygens (including phenoxy) is 1. The molecule has 0 bridgehead atoms. The standard InChI is InChI=1S/C18H27NO3/c1-22-17(20)11-6-13-2-7-15(8-3-13)18(21)16-9-4-14(12-19)5-10-16/h2-3,7-8,14,16,18,21H,4-6,9-12,19H2,1H3. The van der Waals surface area contributed by atoms with Crippen molar-refractivity contribution in [3.05, 3.63) is 35.4 Å². The lowest BCUT2D eigenvalue weighted by molar-refractivity contribution is -0.140. The van der Waals surface area contributed by atoms with Gasteiger partial charge in [-0.05, 0) is 61.6 Å². The number of rotatable bonds is 6. The lowest BCUT2D eigenvalue weighted by Crippen LogP contribution is -2.24. The monoisotopic (exact) mass is 305 g/mol. The number of nitrogens with two attached hydrogens (primary N) is 1. The van der Waals surface area contributed by atoms with Crippen LogP contribution in [0.5, 0.6) is 0 Å². The van der Waals surface area contributed by atoms with E-state index in [1.807, 2.05) is 24.3 Å². The van der Waals surface area contributed by atoms with E-state index in [0.29, 0.717) is 24.7 Å². The molecule has 22 heavy (non-hydrogen) atoms. The molecule has 0 aliphatic heterocycles. The van der Waals surface area contributed by atoms with Crippen molar-refractivity contribution in [2.75, 3.05) is 13.7 Å². The Hall–Kier alpha value is -1.39. The van der Waals surface area contributed by atoms with Crippen LogP contribution < -0.4 is 5.73 Å². The molecule has 1 atom stereocenters. The first kappa shape index (κ1) is 17.0. The minimum Gasteiger partial charge on any atom is -0.469 e. The van der Waals surface area contributed by atoms with Crippen molar-refractivity contribution in [3.8, 4) is 0 Å². The maximum atomic E-state index is 11.1. The molecule has 0 saturated heterocycles. The quantitative estimate of drug-likeness (QED) is 0.792. The van der Waals surface area contributed by atoms with E-state index in [1.54, 1.807) is 0 Å². The van der Waals surface area contributed by atoms with Gasteiger partial charge in [0.25, 0.3) is 0 Å². The zero-order valence-electron chi connectivity index (χ0n) is 13.3. The molecule has 1 aliphatic rings. The van der Waals surface area contributed by atoms with Crippen LogP contribution in [0.15, 0.2) is 24.3 Å². The molecule has 1 saturated carbocycles. The number of hydrogen-bond donors (Lipinski definition) is 2. The molecule has 2 rings (SSSR count). The van der Waals surface area contributed by atoms with Crippen molar-refractivity contribution in [1.82, 2.24) is 0 Å². The van der Waals surface area contributed by atoms with Gasteiger partial charge in [0.1, 0.15) is 0 Å². The zero-order valence-corrected chi connectivity index (χ0v) is 13.3. The fraction of sp³-hybridized carbons (Fsp3) is 0.611. The second kappa shape index (κ2) is 8.30.